The molecule has 1 aromatic heterocycles. The molecular weight excluding hydrogens is 456 g/mol. The second kappa shape index (κ2) is 9.78. The zero-order chi connectivity index (χ0) is 22.8. The quantitative estimate of drug-likeness (QED) is 0.528. The Morgan fingerprint density at radius 2 is 1.76 bits per heavy atom. The van der Waals surface area contributed by atoms with E-state index in [1.807, 2.05) is 23.1 Å². The van der Waals surface area contributed by atoms with Crippen LogP contribution in [-0.2, 0) is 21.2 Å². The van der Waals surface area contributed by atoms with Gasteiger partial charge in [-0.15, -0.1) is 10.2 Å². The third-order valence-electron chi connectivity index (χ3n) is 7.05. The number of amides is 1. The summed E-state index contributed by atoms with van der Waals surface area (Å²) < 4.78 is 26.5. The Morgan fingerprint density at radius 1 is 1.00 bits per heavy atom. The van der Waals surface area contributed by atoms with Crippen LogP contribution in [0.3, 0.4) is 0 Å². The van der Waals surface area contributed by atoms with Gasteiger partial charge in [-0.3, -0.25) is 4.79 Å². The molecule has 5 rings (SSSR count). The second-order valence-electron chi connectivity index (χ2n) is 9.63. The van der Waals surface area contributed by atoms with E-state index in [0.29, 0.717) is 18.9 Å². The van der Waals surface area contributed by atoms with Crippen molar-refractivity contribution < 1.29 is 13.2 Å². The molecule has 2 aromatic rings. The topological polar surface area (TPSA) is 85.2 Å². The maximum absolute atomic E-state index is 13.5. The minimum Gasteiger partial charge on any atom is -0.335 e. The normalized spacial score (nSPS) is 23.0. The van der Waals surface area contributed by atoms with Gasteiger partial charge in [0.2, 0.25) is 5.91 Å². The highest BCUT2D eigenvalue weighted by Gasteiger charge is 2.38. The number of nitrogens with zero attached hydrogens (tertiary/aromatic N) is 4. The van der Waals surface area contributed by atoms with Gasteiger partial charge in [0.05, 0.1) is 23.8 Å². The number of thioether (sulfide) groups is 1. The van der Waals surface area contributed by atoms with Crippen molar-refractivity contribution in [1.29, 1.82) is 0 Å². The molecule has 0 N–H and O–H groups in total. The third kappa shape index (κ3) is 5.45. The average molecular weight is 489 g/mol. The number of sulfone groups is 1. The lowest BCUT2D eigenvalue weighted by Gasteiger charge is -2.38. The molecule has 2 heterocycles. The first-order valence-corrected chi connectivity index (χ1v) is 14.9. The largest absolute Gasteiger partial charge is 0.335 e. The van der Waals surface area contributed by atoms with Gasteiger partial charge in [-0.2, -0.15) is 0 Å². The molecule has 2 aliphatic carbocycles. The SMILES string of the molecule is O=C(CSc1nnc(C2CC2)n1Cc1ccccc1)N(C1CCCCC1)[C@H]1CCS(=O)(=O)C1. The van der Waals surface area contributed by atoms with Crippen molar-refractivity contribution in [1.82, 2.24) is 19.7 Å². The van der Waals surface area contributed by atoms with E-state index >= 15 is 0 Å². The molecule has 178 valence electrons. The van der Waals surface area contributed by atoms with E-state index < -0.39 is 9.84 Å². The van der Waals surface area contributed by atoms with Gasteiger partial charge in [0.1, 0.15) is 5.82 Å². The molecule has 3 aliphatic rings. The van der Waals surface area contributed by atoms with Crippen LogP contribution in [0.5, 0.6) is 0 Å². The molecular formula is C24H32N4O3S2. The Bertz CT molecular complexity index is 1080. The zero-order valence-corrected chi connectivity index (χ0v) is 20.6. The number of rotatable bonds is 8. The van der Waals surface area contributed by atoms with Crippen LogP contribution in [0.4, 0.5) is 0 Å². The van der Waals surface area contributed by atoms with Crippen molar-refractivity contribution in [3.63, 3.8) is 0 Å². The summed E-state index contributed by atoms with van der Waals surface area (Å²) in [7, 11) is -3.05. The van der Waals surface area contributed by atoms with Crippen LogP contribution in [0.2, 0.25) is 0 Å². The van der Waals surface area contributed by atoms with Crippen LogP contribution in [-0.4, -0.2) is 63.3 Å². The van der Waals surface area contributed by atoms with Gasteiger partial charge in [-0.05, 0) is 37.7 Å². The van der Waals surface area contributed by atoms with Gasteiger partial charge in [0.15, 0.2) is 15.0 Å². The molecule has 1 aromatic carbocycles. The fourth-order valence-corrected chi connectivity index (χ4v) is 7.75. The van der Waals surface area contributed by atoms with Gasteiger partial charge in [-0.25, -0.2) is 8.42 Å². The molecule has 0 spiro atoms. The van der Waals surface area contributed by atoms with Gasteiger partial charge in [-0.1, -0.05) is 61.4 Å². The summed E-state index contributed by atoms with van der Waals surface area (Å²) in [5.74, 6) is 2.09. The van der Waals surface area contributed by atoms with Gasteiger partial charge in [0, 0.05) is 18.0 Å². The fourth-order valence-electron chi connectivity index (χ4n) is 5.23. The summed E-state index contributed by atoms with van der Waals surface area (Å²) in [5.41, 5.74) is 1.19. The van der Waals surface area contributed by atoms with E-state index in [1.165, 1.54) is 23.7 Å². The summed E-state index contributed by atoms with van der Waals surface area (Å²) >= 11 is 1.44. The highest BCUT2D eigenvalue weighted by molar-refractivity contribution is 7.99. The van der Waals surface area contributed by atoms with Crippen LogP contribution in [0.15, 0.2) is 35.5 Å². The minimum atomic E-state index is -3.05. The average Bonchev–Trinajstić information content (AvgIpc) is 3.49. The highest BCUT2D eigenvalue weighted by Crippen LogP contribution is 2.40. The van der Waals surface area contributed by atoms with Crippen LogP contribution in [0, 0.1) is 0 Å². The van der Waals surface area contributed by atoms with Crippen molar-refractivity contribution in [2.45, 2.75) is 81.1 Å². The lowest BCUT2D eigenvalue weighted by Crippen LogP contribution is -2.49. The number of carbonyl (C=O) groups excluding carboxylic acids is 1. The first-order valence-electron chi connectivity index (χ1n) is 12.1. The number of carbonyl (C=O) groups is 1. The van der Waals surface area contributed by atoms with Crippen LogP contribution in [0.25, 0.3) is 0 Å². The third-order valence-corrected chi connectivity index (χ3v) is 9.76. The van der Waals surface area contributed by atoms with Crippen molar-refractivity contribution in [2.75, 3.05) is 17.3 Å². The van der Waals surface area contributed by atoms with Gasteiger partial charge in [0.25, 0.3) is 0 Å². The van der Waals surface area contributed by atoms with E-state index in [2.05, 4.69) is 26.9 Å². The second-order valence-corrected chi connectivity index (χ2v) is 12.8. The monoisotopic (exact) mass is 488 g/mol. The smallest absolute Gasteiger partial charge is 0.233 e. The summed E-state index contributed by atoms with van der Waals surface area (Å²) in [6, 6.07) is 10.2. The summed E-state index contributed by atoms with van der Waals surface area (Å²) in [4.78, 5) is 15.4. The molecule has 1 aliphatic heterocycles. The number of hydrogen-bond donors (Lipinski definition) is 0. The molecule has 0 unspecified atom stereocenters. The van der Waals surface area contributed by atoms with Crippen molar-refractivity contribution in [2.24, 2.45) is 0 Å². The molecule has 1 amide bonds. The molecule has 2 saturated carbocycles. The maximum atomic E-state index is 13.5. The van der Waals surface area contributed by atoms with E-state index in [-0.39, 0.29) is 35.2 Å². The van der Waals surface area contributed by atoms with Gasteiger partial charge >= 0.3 is 0 Å². The fraction of sp³-hybridized carbons (Fsp3) is 0.625. The molecule has 0 bridgehead atoms. The van der Waals surface area contributed by atoms with Crippen molar-refractivity contribution in [3.8, 4) is 0 Å². The molecule has 1 saturated heterocycles. The Kier molecular flexibility index (Phi) is 6.79. The Balaban J connectivity index is 1.32. The molecule has 3 fully saturated rings. The maximum Gasteiger partial charge on any atom is 0.233 e. The zero-order valence-electron chi connectivity index (χ0n) is 18.9. The van der Waals surface area contributed by atoms with Gasteiger partial charge < -0.3 is 9.47 Å². The summed E-state index contributed by atoms with van der Waals surface area (Å²) in [5, 5.41) is 9.69. The Labute approximate surface area is 200 Å². The van der Waals surface area contributed by atoms with E-state index in [4.69, 9.17) is 0 Å². The number of hydrogen-bond acceptors (Lipinski definition) is 6. The Morgan fingerprint density at radius 3 is 2.42 bits per heavy atom. The summed E-state index contributed by atoms with van der Waals surface area (Å²) in [6.45, 7) is 0.698. The standard InChI is InChI=1S/C24H32N4O3S2/c29-22(28(20-9-5-2-6-10-20)21-13-14-33(30,31)17-21)16-32-24-26-25-23(19-11-12-19)27(24)15-18-7-3-1-4-8-18/h1,3-4,7-8,19-21H,2,5-6,9-17H2/t21-/m0/s1. The van der Waals surface area contributed by atoms with E-state index in [0.717, 1.165) is 49.5 Å². The lowest BCUT2D eigenvalue weighted by molar-refractivity contribution is -0.133. The van der Waals surface area contributed by atoms with Crippen LogP contribution >= 0.6 is 11.8 Å². The molecule has 7 nitrogen and oxygen atoms in total. The first-order chi connectivity index (χ1) is 16.0. The highest BCUT2D eigenvalue weighted by atomic mass is 32.2. The van der Waals surface area contributed by atoms with E-state index in [1.54, 1.807) is 0 Å². The molecule has 0 radical (unpaired) electrons. The Hall–Kier alpha value is -1.87. The molecule has 1 atom stereocenters. The van der Waals surface area contributed by atoms with Crippen molar-refractivity contribution in [3.05, 3.63) is 41.7 Å². The molecule has 9 heteroatoms. The summed E-state index contributed by atoms with van der Waals surface area (Å²) in [6.07, 6.45) is 8.21. The van der Waals surface area contributed by atoms with E-state index in [9.17, 15) is 13.2 Å². The predicted octanol–water partition coefficient (Wildman–Crippen LogP) is 3.64. The van der Waals surface area contributed by atoms with Crippen molar-refractivity contribution >= 4 is 27.5 Å². The lowest BCUT2D eigenvalue weighted by atomic mass is 9.93. The predicted molar refractivity (Wildman–Crippen MR) is 129 cm³/mol. The van der Waals surface area contributed by atoms with Crippen LogP contribution in [0.1, 0.15) is 68.7 Å². The number of benzene rings is 1. The first kappa shape index (κ1) is 22.9. The minimum absolute atomic E-state index is 0.0382. The van der Waals surface area contributed by atoms with Crippen LogP contribution < -0.4 is 0 Å². The molecule has 33 heavy (non-hydrogen) atoms. The number of aromatic nitrogens is 3.